The number of allylic oxidation sites excluding steroid dienone is 3. The summed E-state index contributed by atoms with van der Waals surface area (Å²) in [6.07, 6.45) is 4.05. The van der Waals surface area contributed by atoms with Crippen molar-refractivity contribution >= 4 is 5.91 Å². The third-order valence-corrected chi connectivity index (χ3v) is 4.98. The van der Waals surface area contributed by atoms with Crippen molar-refractivity contribution < 1.29 is 23.4 Å². The molecule has 2 unspecified atom stereocenters. The van der Waals surface area contributed by atoms with Crippen molar-refractivity contribution in [2.45, 2.75) is 32.4 Å². The van der Waals surface area contributed by atoms with Gasteiger partial charge in [0.2, 0.25) is 0 Å². The second kappa shape index (κ2) is 8.07. The van der Waals surface area contributed by atoms with E-state index >= 15 is 0 Å². The average molecular weight is 364 g/mol. The zero-order chi connectivity index (χ0) is 18.7. The van der Waals surface area contributed by atoms with Crippen LogP contribution in [0.25, 0.3) is 0 Å². The van der Waals surface area contributed by atoms with Crippen LogP contribution in [-0.2, 0) is 16.3 Å². The monoisotopic (exact) mass is 364 g/mol. The number of rotatable bonds is 7. The molecule has 3 rings (SSSR count). The molecule has 0 radical (unpaired) electrons. The number of amides is 1. The molecule has 7 heteroatoms. The van der Waals surface area contributed by atoms with Gasteiger partial charge in [0.15, 0.2) is 0 Å². The molecule has 26 heavy (non-hydrogen) atoms. The Hall–Kier alpha value is -2.09. The van der Waals surface area contributed by atoms with Crippen LogP contribution in [0.3, 0.4) is 0 Å². The van der Waals surface area contributed by atoms with Gasteiger partial charge in [0.1, 0.15) is 18.4 Å². The van der Waals surface area contributed by atoms with E-state index in [4.69, 9.17) is 15.5 Å². The lowest BCUT2D eigenvalue weighted by Crippen LogP contribution is -2.41. The van der Waals surface area contributed by atoms with Gasteiger partial charge in [0.25, 0.3) is 5.91 Å². The molecule has 1 aromatic rings. The minimum Gasteiger partial charge on any atom is -0.331 e. The molecule has 2 N–H and O–H groups in total. The van der Waals surface area contributed by atoms with Gasteiger partial charge in [-0.05, 0) is 37.1 Å². The van der Waals surface area contributed by atoms with Crippen LogP contribution in [0.2, 0.25) is 0 Å². The van der Waals surface area contributed by atoms with Crippen molar-refractivity contribution in [3.05, 3.63) is 58.7 Å². The Balaban J connectivity index is 1.81. The Bertz CT molecular complexity index is 748. The van der Waals surface area contributed by atoms with E-state index in [1.807, 2.05) is 6.92 Å². The topological polar surface area (TPSA) is 64.8 Å². The van der Waals surface area contributed by atoms with Crippen LogP contribution in [0, 0.1) is 11.7 Å². The van der Waals surface area contributed by atoms with Gasteiger partial charge in [-0.15, -0.1) is 0 Å². The first-order valence-electron chi connectivity index (χ1n) is 8.60. The van der Waals surface area contributed by atoms with E-state index in [-0.39, 0.29) is 37.0 Å². The number of nitrogens with two attached hydrogens (primary N) is 1. The number of hydrogen-bond donors (Lipinski definition) is 1. The van der Waals surface area contributed by atoms with Gasteiger partial charge in [0, 0.05) is 30.5 Å². The third kappa shape index (κ3) is 3.85. The zero-order valence-electron chi connectivity index (χ0n) is 14.6. The molecule has 0 spiro atoms. The Morgan fingerprint density at radius 3 is 2.73 bits per heavy atom. The van der Waals surface area contributed by atoms with Crippen LogP contribution in [0.5, 0.6) is 0 Å². The second-order valence-corrected chi connectivity index (χ2v) is 6.51. The van der Waals surface area contributed by atoms with Gasteiger partial charge in [-0.3, -0.25) is 4.79 Å². The normalized spacial score (nSPS) is 19.1. The maximum atomic E-state index is 13.5. The van der Waals surface area contributed by atoms with E-state index in [2.05, 4.69) is 0 Å². The van der Waals surface area contributed by atoms with Crippen molar-refractivity contribution in [2.75, 3.05) is 13.3 Å². The number of benzene rings is 1. The minimum absolute atomic E-state index is 0.0813. The fourth-order valence-electron chi connectivity index (χ4n) is 3.50. The van der Waals surface area contributed by atoms with E-state index in [0.717, 1.165) is 11.1 Å². The van der Waals surface area contributed by atoms with Gasteiger partial charge in [-0.2, -0.15) is 0 Å². The van der Waals surface area contributed by atoms with Crippen LogP contribution in [0.4, 0.5) is 8.78 Å². The van der Waals surface area contributed by atoms with Gasteiger partial charge in [0.05, 0.1) is 6.61 Å². The summed E-state index contributed by atoms with van der Waals surface area (Å²) in [5.41, 5.74) is 7.45. The zero-order valence-corrected chi connectivity index (χ0v) is 14.6. The first-order chi connectivity index (χ1) is 12.5. The van der Waals surface area contributed by atoms with E-state index in [0.29, 0.717) is 24.9 Å². The lowest BCUT2D eigenvalue weighted by molar-refractivity contribution is -0.299. The van der Waals surface area contributed by atoms with Crippen LogP contribution in [0.15, 0.2) is 41.8 Å². The summed E-state index contributed by atoms with van der Waals surface area (Å²) in [4.78, 5) is 24.4. The van der Waals surface area contributed by atoms with Crippen LogP contribution >= 0.6 is 0 Å². The lowest BCUT2D eigenvalue weighted by atomic mass is 9.86. The standard InChI is InChI=1S/C19H22F2N2O3/c1-12(23-9-14-4-7-16(21)8-17(14)19(23)24)18(10-25-26-11-22)13-2-5-15(20)6-3-13/h2,4-5,7-8,12,18H,3,6,9-11,22H2,1H3. The number of fused-ring (bicyclic) bond motifs is 1. The summed E-state index contributed by atoms with van der Waals surface area (Å²) in [5.74, 6) is -0.998. The molecule has 0 saturated carbocycles. The summed E-state index contributed by atoms with van der Waals surface area (Å²) in [7, 11) is 0. The minimum atomic E-state index is -0.432. The highest BCUT2D eigenvalue weighted by atomic mass is 19.1. The molecule has 1 amide bonds. The van der Waals surface area contributed by atoms with E-state index < -0.39 is 5.82 Å². The average Bonchev–Trinajstić information content (AvgIpc) is 2.96. The summed E-state index contributed by atoms with van der Waals surface area (Å²) in [5, 5.41) is 0. The Morgan fingerprint density at radius 1 is 1.23 bits per heavy atom. The SMILES string of the molecule is CC(C(COOCN)C1=CC=C(F)CC1)N1Cc2ccc(F)cc2C1=O. The van der Waals surface area contributed by atoms with Gasteiger partial charge < -0.3 is 10.6 Å². The molecule has 0 saturated heterocycles. The largest absolute Gasteiger partial charge is 0.331 e. The van der Waals surface area contributed by atoms with E-state index in [1.54, 1.807) is 17.0 Å². The highest BCUT2D eigenvalue weighted by Crippen LogP contribution is 2.33. The van der Waals surface area contributed by atoms with Gasteiger partial charge in [-0.1, -0.05) is 17.7 Å². The predicted octanol–water partition coefficient (Wildman–Crippen LogP) is 3.22. The molecular formula is C19H22F2N2O3. The number of halogens is 2. The van der Waals surface area contributed by atoms with Crippen molar-refractivity contribution in [3.8, 4) is 0 Å². The molecule has 1 aliphatic carbocycles. The number of carbonyl (C=O) groups excluding carboxylic acids is 1. The molecule has 1 heterocycles. The van der Waals surface area contributed by atoms with Crippen molar-refractivity contribution in [2.24, 2.45) is 11.7 Å². The highest BCUT2D eigenvalue weighted by Gasteiger charge is 2.36. The molecule has 2 atom stereocenters. The molecule has 0 aromatic heterocycles. The van der Waals surface area contributed by atoms with Gasteiger partial charge in [-0.25, -0.2) is 18.6 Å². The maximum absolute atomic E-state index is 13.5. The van der Waals surface area contributed by atoms with Crippen molar-refractivity contribution in [1.29, 1.82) is 0 Å². The van der Waals surface area contributed by atoms with Crippen LogP contribution in [0.1, 0.15) is 35.7 Å². The first kappa shape index (κ1) is 18.7. The summed E-state index contributed by atoms with van der Waals surface area (Å²) in [6, 6.07) is 4.02. The van der Waals surface area contributed by atoms with E-state index in [9.17, 15) is 13.6 Å². The van der Waals surface area contributed by atoms with Gasteiger partial charge >= 0.3 is 0 Å². The van der Waals surface area contributed by atoms with Crippen molar-refractivity contribution in [3.63, 3.8) is 0 Å². The molecule has 0 fully saturated rings. The summed E-state index contributed by atoms with van der Waals surface area (Å²) < 4.78 is 26.8. The number of hydrogen-bond acceptors (Lipinski definition) is 4. The summed E-state index contributed by atoms with van der Waals surface area (Å²) >= 11 is 0. The molecule has 1 aromatic carbocycles. The fraction of sp³-hybridized carbons (Fsp3) is 0.421. The lowest BCUT2D eigenvalue weighted by Gasteiger charge is -2.33. The molecule has 2 aliphatic rings. The van der Waals surface area contributed by atoms with Crippen molar-refractivity contribution in [1.82, 2.24) is 4.90 Å². The summed E-state index contributed by atoms with van der Waals surface area (Å²) in [6.45, 7) is 2.42. The molecule has 140 valence electrons. The number of carbonyl (C=O) groups is 1. The quantitative estimate of drug-likeness (QED) is 0.349. The Kier molecular flexibility index (Phi) is 5.80. The smallest absolute Gasteiger partial charge is 0.254 e. The third-order valence-electron chi connectivity index (χ3n) is 4.98. The second-order valence-electron chi connectivity index (χ2n) is 6.51. The van der Waals surface area contributed by atoms with E-state index in [1.165, 1.54) is 18.2 Å². The first-order valence-corrected chi connectivity index (χ1v) is 8.60. The van der Waals surface area contributed by atoms with Crippen LogP contribution in [-0.4, -0.2) is 30.2 Å². The maximum Gasteiger partial charge on any atom is 0.254 e. The van der Waals surface area contributed by atoms with Crippen LogP contribution < -0.4 is 5.73 Å². The Morgan fingerprint density at radius 2 is 2.04 bits per heavy atom. The molecule has 0 bridgehead atoms. The molecule has 5 nitrogen and oxygen atoms in total. The Labute approximate surface area is 151 Å². The molecular weight excluding hydrogens is 342 g/mol. The fourth-order valence-corrected chi connectivity index (χ4v) is 3.50. The predicted molar refractivity (Wildman–Crippen MR) is 91.8 cm³/mol. The number of nitrogens with zero attached hydrogens (tertiary/aromatic N) is 1. The highest BCUT2D eigenvalue weighted by molar-refractivity contribution is 5.98. The molecule has 1 aliphatic heterocycles.